The van der Waals surface area contributed by atoms with Crippen LogP contribution in [0.2, 0.25) is 0 Å². The van der Waals surface area contributed by atoms with Crippen LogP contribution >= 0.6 is 0 Å². The second-order valence-electron chi connectivity index (χ2n) is 6.38. The van der Waals surface area contributed by atoms with Crippen LogP contribution in [-0.2, 0) is 9.59 Å². The number of imidazole rings is 1. The lowest BCUT2D eigenvalue weighted by molar-refractivity contribution is -0.157. The lowest BCUT2D eigenvalue weighted by Gasteiger charge is -2.34. The van der Waals surface area contributed by atoms with Gasteiger partial charge in [0.05, 0.1) is 18.3 Å². The van der Waals surface area contributed by atoms with Crippen LogP contribution in [0, 0.1) is 5.92 Å². The lowest BCUT2D eigenvalue weighted by atomic mass is 10.0. The molecule has 1 aromatic rings. The molecule has 2 aliphatic heterocycles. The highest BCUT2D eigenvalue weighted by Crippen LogP contribution is 2.28. The maximum absolute atomic E-state index is 12.6. The molecule has 1 aromatic heterocycles. The largest absolute Gasteiger partial charge is 0.406 e. The van der Waals surface area contributed by atoms with Gasteiger partial charge in [0.2, 0.25) is 11.8 Å². The number of amides is 2. The number of rotatable bonds is 3. The predicted molar refractivity (Wildman–Crippen MR) is 77.8 cm³/mol. The van der Waals surface area contributed by atoms with Gasteiger partial charge >= 0.3 is 6.18 Å². The van der Waals surface area contributed by atoms with E-state index in [-0.39, 0.29) is 24.9 Å². The van der Waals surface area contributed by atoms with E-state index in [9.17, 15) is 22.8 Å². The van der Waals surface area contributed by atoms with E-state index in [0.29, 0.717) is 13.1 Å². The molecule has 0 unspecified atom stereocenters. The van der Waals surface area contributed by atoms with Gasteiger partial charge in [-0.15, -0.1) is 0 Å². The molecule has 132 valence electrons. The Morgan fingerprint density at radius 2 is 2.12 bits per heavy atom. The van der Waals surface area contributed by atoms with Crippen molar-refractivity contribution in [2.24, 2.45) is 5.92 Å². The summed E-state index contributed by atoms with van der Waals surface area (Å²) in [5, 5.41) is 0. The van der Waals surface area contributed by atoms with Crippen molar-refractivity contribution in [2.75, 3.05) is 26.2 Å². The number of likely N-dealkylation sites (tertiary alicyclic amines) is 2. The van der Waals surface area contributed by atoms with E-state index in [1.807, 2.05) is 10.8 Å². The summed E-state index contributed by atoms with van der Waals surface area (Å²) >= 11 is 0. The van der Waals surface area contributed by atoms with Gasteiger partial charge in [-0.05, 0) is 12.8 Å². The van der Waals surface area contributed by atoms with Crippen molar-refractivity contribution in [1.29, 1.82) is 0 Å². The van der Waals surface area contributed by atoms with Crippen LogP contribution in [0.25, 0.3) is 0 Å². The van der Waals surface area contributed by atoms with E-state index in [4.69, 9.17) is 0 Å². The zero-order valence-corrected chi connectivity index (χ0v) is 13.1. The van der Waals surface area contributed by atoms with Crippen molar-refractivity contribution >= 4 is 11.8 Å². The van der Waals surface area contributed by atoms with E-state index < -0.39 is 24.5 Å². The maximum Gasteiger partial charge on any atom is 0.406 e. The van der Waals surface area contributed by atoms with Crippen molar-refractivity contribution in [3.8, 4) is 0 Å². The van der Waals surface area contributed by atoms with Gasteiger partial charge in [0.1, 0.15) is 6.54 Å². The fourth-order valence-electron chi connectivity index (χ4n) is 3.45. The van der Waals surface area contributed by atoms with Crippen molar-refractivity contribution < 1.29 is 22.8 Å². The first kappa shape index (κ1) is 16.8. The summed E-state index contributed by atoms with van der Waals surface area (Å²) in [6, 6.07) is 0.119. The number of nitrogens with zero attached hydrogens (tertiary/aromatic N) is 4. The summed E-state index contributed by atoms with van der Waals surface area (Å²) in [5.74, 6) is -1.51. The van der Waals surface area contributed by atoms with Gasteiger partial charge in [-0.2, -0.15) is 13.2 Å². The zero-order chi connectivity index (χ0) is 17.3. The summed E-state index contributed by atoms with van der Waals surface area (Å²) in [6.45, 7) is -0.357. The third-order valence-corrected chi connectivity index (χ3v) is 4.59. The minimum atomic E-state index is -4.44. The Bertz CT molecular complexity index is 602. The van der Waals surface area contributed by atoms with Crippen LogP contribution in [-0.4, -0.2) is 63.5 Å². The van der Waals surface area contributed by atoms with E-state index in [0.717, 1.165) is 17.7 Å². The normalized spacial score (nSPS) is 25.4. The molecule has 0 radical (unpaired) electrons. The van der Waals surface area contributed by atoms with E-state index in [2.05, 4.69) is 4.98 Å². The smallest absolute Gasteiger partial charge is 0.340 e. The molecule has 0 aromatic carbocycles. The molecule has 0 saturated carbocycles. The SMILES string of the molecule is O=C1C[C@H](C(=O)N2CCC[C@@H](n3ccnc3)C2)CN1CC(F)(F)F. The molecular formula is C15H19F3N4O2. The van der Waals surface area contributed by atoms with Crippen LogP contribution < -0.4 is 0 Å². The van der Waals surface area contributed by atoms with E-state index >= 15 is 0 Å². The first-order chi connectivity index (χ1) is 11.3. The van der Waals surface area contributed by atoms with Gasteiger partial charge in [-0.25, -0.2) is 4.98 Å². The summed E-state index contributed by atoms with van der Waals surface area (Å²) in [6.07, 6.45) is 2.37. The fraction of sp³-hybridized carbons (Fsp3) is 0.667. The highest BCUT2D eigenvalue weighted by Gasteiger charge is 2.42. The van der Waals surface area contributed by atoms with Gasteiger partial charge in [-0.3, -0.25) is 9.59 Å². The third-order valence-electron chi connectivity index (χ3n) is 4.59. The third kappa shape index (κ3) is 3.70. The molecule has 2 aliphatic rings. The molecule has 0 aliphatic carbocycles. The Balaban J connectivity index is 1.61. The highest BCUT2D eigenvalue weighted by molar-refractivity contribution is 5.89. The Labute approximate surface area is 137 Å². The minimum Gasteiger partial charge on any atom is -0.340 e. The summed E-state index contributed by atoms with van der Waals surface area (Å²) in [5.41, 5.74) is 0. The Kier molecular flexibility index (Phi) is 4.51. The topological polar surface area (TPSA) is 58.4 Å². The molecule has 2 amide bonds. The Morgan fingerprint density at radius 1 is 1.33 bits per heavy atom. The minimum absolute atomic E-state index is 0.119. The number of carbonyl (C=O) groups is 2. The van der Waals surface area contributed by atoms with Gasteiger partial charge in [-0.1, -0.05) is 0 Å². The number of hydrogen-bond acceptors (Lipinski definition) is 3. The average Bonchev–Trinajstić information content (AvgIpc) is 3.16. The molecule has 6 nitrogen and oxygen atoms in total. The molecule has 0 bridgehead atoms. The number of alkyl halides is 3. The van der Waals surface area contributed by atoms with Gasteiger partial charge in [0.15, 0.2) is 0 Å². The monoisotopic (exact) mass is 344 g/mol. The van der Waals surface area contributed by atoms with Gasteiger partial charge in [0.25, 0.3) is 0 Å². The molecule has 2 fully saturated rings. The van der Waals surface area contributed by atoms with Gasteiger partial charge < -0.3 is 14.4 Å². The average molecular weight is 344 g/mol. The quantitative estimate of drug-likeness (QED) is 0.834. The van der Waals surface area contributed by atoms with E-state index in [1.165, 1.54) is 0 Å². The Hall–Kier alpha value is -2.06. The number of halogens is 3. The molecular weight excluding hydrogens is 325 g/mol. The highest BCUT2D eigenvalue weighted by atomic mass is 19.4. The number of aromatic nitrogens is 2. The molecule has 3 heterocycles. The predicted octanol–water partition coefficient (Wildman–Crippen LogP) is 1.46. The molecule has 24 heavy (non-hydrogen) atoms. The standard InChI is InChI=1S/C15H19F3N4O2/c16-15(17,18)9-22-7-11(6-13(22)23)14(24)20-4-1-2-12(8-20)21-5-3-19-10-21/h3,5,10-12H,1-2,4,6-9H2/t11-,12+/m0/s1. The zero-order valence-electron chi connectivity index (χ0n) is 13.1. The molecule has 0 N–H and O–H groups in total. The number of hydrogen-bond donors (Lipinski definition) is 0. The van der Waals surface area contributed by atoms with Crippen molar-refractivity contribution in [1.82, 2.24) is 19.4 Å². The fourth-order valence-corrected chi connectivity index (χ4v) is 3.45. The van der Waals surface area contributed by atoms with Gasteiger partial charge in [0, 0.05) is 38.4 Å². The molecule has 3 rings (SSSR count). The molecule has 0 spiro atoms. The van der Waals surface area contributed by atoms with Crippen molar-refractivity contribution in [3.63, 3.8) is 0 Å². The first-order valence-corrected chi connectivity index (χ1v) is 7.94. The number of piperidine rings is 1. The molecule has 2 atom stereocenters. The summed E-state index contributed by atoms with van der Waals surface area (Å²) < 4.78 is 39.4. The van der Waals surface area contributed by atoms with Crippen molar-refractivity contribution in [3.05, 3.63) is 18.7 Å². The lowest BCUT2D eigenvalue weighted by Crippen LogP contribution is -2.44. The van der Waals surface area contributed by atoms with E-state index in [1.54, 1.807) is 17.4 Å². The first-order valence-electron chi connectivity index (χ1n) is 7.94. The second kappa shape index (κ2) is 6.45. The summed E-state index contributed by atoms with van der Waals surface area (Å²) in [7, 11) is 0. The number of carbonyl (C=O) groups excluding carboxylic acids is 2. The molecule has 9 heteroatoms. The van der Waals surface area contributed by atoms with Crippen LogP contribution in [0.4, 0.5) is 13.2 Å². The molecule has 2 saturated heterocycles. The summed E-state index contributed by atoms with van der Waals surface area (Å²) in [4.78, 5) is 30.8. The van der Waals surface area contributed by atoms with Crippen LogP contribution in [0.3, 0.4) is 0 Å². The second-order valence-corrected chi connectivity index (χ2v) is 6.38. The Morgan fingerprint density at radius 3 is 2.79 bits per heavy atom. The maximum atomic E-state index is 12.6. The van der Waals surface area contributed by atoms with Crippen molar-refractivity contribution in [2.45, 2.75) is 31.5 Å². The van der Waals surface area contributed by atoms with Crippen LogP contribution in [0.5, 0.6) is 0 Å². The van der Waals surface area contributed by atoms with Crippen LogP contribution in [0.15, 0.2) is 18.7 Å². The van der Waals surface area contributed by atoms with Crippen LogP contribution in [0.1, 0.15) is 25.3 Å².